The van der Waals surface area contributed by atoms with Crippen LogP contribution in [0, 0.1) is 0 Å². The van der Waals surface area contributed by atoms with Gasteiger partial charge in [0.15, 0.2) is 5.82 Å². The number of tetrazole rings is 1. The Morgan fingerprint density at radius 3 is 3.10 bits per heavy atom. The van der Waals surface area contributed by atoms with Gasteiger partial charge < -0.3 is 15.2 Å². The average molecular weight is 289 g/mol. The van der Waals surface area contributed by atoms with Gasteiger partial charge >= 0.3 is 0 Å². The van der Waals surface area contributed by atoms with Gasteiger partial charge in [-0.3, -0.25) is 0 Å². The number of rotatable bonds is 5. The fourth-order valence-electron chi connectivity index (χ4n) is 2.52. The number of nitrogens with zero attached hydrogens (tertiary/aromatic N) is 4. The number of hydrogen-bond acceptors (Lipinski definition) is 6. The van der Waals surface area contributed by atoms with Crippen molar-refractivity contribution in [3.05, 3.63) is 18.2 Å². The van der Waals surface area contributed by atoms with E-state index in [4.69, 9.17) is 15.2 Å². The molecule has 112 valence electrons. The summed E-state index contributed by atoms with van der Waals surface area (Å²) in [5.41, 5.74) is 7.40. The summed E-state index contributed by atoms with van der Waals surface area (Å²) >= 11 is 0. The molecule has 2 heterocycles. The molecule has 1 aliphatic rings. The van der Waals surface area contributed by atoms with E-state index < -0.39 is 0 Å². The highest BCUT2D eigenvalue weighted by Gasteiger charge is 2.19. The molecular weight excluding hydrogens is 270 g/mol. The Kier molecular flexibility index (Phi) is 4.01. The Hall–Kier alpha value is -2.15. The third kappa shape index (κ3) is 3.13. The Morgan fingerprint density at radius 1 is 1.43 bits per heavy atom. The third-order valence-corrected chi connectivity index (χ3v) is 3.43. The van der Waals surface area contributed by atoms with E-state index in [9.17, 15) is 0 Å². The van der Waals surface area contributed by atoms with Gasteiger partial charge in [0.1, 0.15) is 5.75 Å². The molecule has 0 bridgehead atoms. The second kappa shape index (κ2) is 6.09. The van der Waals surface area contributed by atoms with E-state index in [1.54, 1.807) is 10.7 Å². The molecule has 1 unspecified atom stereocenters. The quantitative estimate of drug-likeness (QED) is 0.839. The second-order valence-corrected chi connectivity index (χ2v) is 5.04. The van der Waals surface area contributed by atoms with Gasteiger partial charge in [-0.1, -0.05) is 0 Å². The van der Waals surface area contributed by atoms with Crippen molar-refractivity contribution in [2.75, 3.05) is 18.9 Å². The molecular formula is C14H19N5O2. The summed E-state index contributed by atoms with van der Waals surface area (Å²) in [5, 5.41) is 11.9. The summed E-state index contributed by atoms with van der Waals surface area (Å²) < 4.78 is 12.9. The van der Waals surface area contributed by atoms with Gasteiger partial charge in [-0.15, -0.1) is 5.10 Å². The molecule has 1 saturated heterocycles. The van der Waals surface area contributed by atoms with Crippen LogP contribution in [-0.2, 0) is 11.3 Å². The minimum atomic E-state index is 0.180. The monoisotopic (exact) mass is 289 g/mol. The summed E-state index contributed by atoms with van der Waals surface area (Å²) in [6.45, 7) is 3.99. The number of benzene rings is 1. The van der Waals surface area contributed by atoms with E-state index in [-0.39, 0.29) is 6.10 Å². The summed E-state index contributed by atoms with van der Waals surface area (Å²) in [7, 11) is 0. The van der Waals surface area contributed by atoms with E-state index in [0.29, 0.717) is 24.7 Å². The lowest BCUT2D eigenvalue weighted by Crippen LogP contribution is -2.17. The lowest BCUT2D eigenvalue weighted by molar-refractivity contribution is 0.0939. The van der Waals surface area contributed by atoms with Crippen molar-refractivity contribution in [1.29, 1.82) is 0 Å². The van der Waals surface area contributed by atoms with Crippen LogP contribution in [0.1, 0.15) is 19.8 Å². The molecule has 3 rings (SSSR count). The molecule has 1 fully saturated rings. The average Bonchev–Trinajstić information content (AvgIpc) is 3.10. The Labute approximate surface area is 123 Å². The molecule has 21 heavy (non-hydrogen) atoms. The predicted octanol–water partition coefficient (Wildman–Crippen LogP) is 1.50. The zero-order chi connectivity index (χ0) is 14.7. The first-order valence-corrected chi connectivity index (χ1v) is 7.17. The van der Waals surface area contributed by atoms with Crippen molar-refractivity contribution in [1.82, 2.24) is 20.2 Å². The molecule has 1 atom stereocenters. The largest absolute Gasteiger partial charge is 0.494 e. The Balaban J connectivity index is 1.87. The summed E-state index contributed by atoms with van der Waals surface area (Å²) in [6.07, 6.45) is 2.31. The summed E-state index contributed by atoms with van der Waals surface area (Å²) in [5.74, 6) is 1.40. The molecule has 0 radical (unpaired) electrons. The van der Waals surface area contributed by atoms with Crippen LogP contribution in [0.2, 0.25) is 0 Å². The maximum atomic E-state index is 5.93. The number of nitrogen functional groups attached to an aromatic ring is 1. The molecule has 7 nitrogen and oxygen atoms in total. The van der Waals surface area contributed by atoms with Gasteiger partial charge in [0.05, 0.1) is 19.3 Å². The number of anilines is 1. The normalized spacial score (nSPS) is 18.0. The zero-order valence-electron chi connectivity index (χ0n) is 12.0. The second-order valence-electron chi connectivity index (χ2n) is 5.04. The zero-order valence-corrected chi connectivity index (χ0v) is 12.0. The highest BCUT2D eigenvalue weighted by Crippen LogP contribution is 2.26. The molecule has 0 spiro atoms. The molecule has 1 aromatic carbocycles. The smallest absolute Gasteiger partial charge is 0.182 e. The number of hydrogen-bond donors (Lipinski definition) is 1. The van der Waals surface area contributed by atoms with Crippen molar-refractivity contribution in [2.24, 2.45) is 0 Å². The first-order valence-electron chi connectivity index (χ1n) is 7.17. The SMILES string of the molecule is CCOc1cc(N)cc(-c2nnnn2CC2CCCO2)c1. The van der Waals surface area contributed by atoms with Gasteiger partial charge in [-0.2, -0.15) is 0 Å². The van der Waals surface area contributed by atoms with E-state index >= 15 is 0 Å². The number of aromatic nitrogens is 4. The maximum absolute atomic E-state index is 5.93. The van der Waals surface area contributed by atoms with Crippen LogP contribution in [0.3, 0.4) is 0 Å². The van der Waals surface area contributed by atoms with Crippen molar-refractivity contribution in [3.63, 3.8) is 0 Å². The fourth-order valence-corrected chi connectivity index (χ4v) is 2.52. The van der Waals surface area contributed by atoms with Crippen LogP contribution < -0.4 is 10.5 Å². The molecule has 1 aromatic heterocycles. The van der Waals surface area contributed by atoms with Crippen molar-refractivity contribution in [3.8, 4) is 17.1 Å². The molecule has 7 heteroatoms. The fraction of sp³-hybridized carbons (Fsp3) is 0.500. The van der Waals surface area contributed by atoms with Crippen LogP contribution in [0.15, 0.2) is 18.2 Å². The lowest BCUT2D eigenvalue weighted by Gasteiger charge is -2.11. The van der Waals surface area contributed by atoms with Crippen LogP contribution in [0.4, 0.5) is 5.69 Å². The van der Waals surface area contributed by atoms with Crippen molar-refractivity contribution in [2.45, 2.75) is 32.4 Å². The van der Waals surface area contributed by atoms with Crippen molar-refractivity contribution >= 4 is 5.69 Å². The van der Waals surface area contributed by atoms with E-state index in [2.05, 4.69) is 15.5 Å². The lowest BCUT2D eigenvalue weighted by atomic mass is 10.1. The number of ether oxygens (including phenoxy) is 2. The van der Waals surface area contributed by atoms with E-state index in [0.717, 1.165) is 30.8 Å². The van der Waals surface area contributed by atoms with Gasteiger partial charge in [0.2, 0.25) is 0 Å². The van der Waals surface area contributed by atoms with Gasteiger partial charge in [0.25, 0.3) is 0 Å². The van der Waals surface area contributed by atoms with Crippen LogP contribution in [0.5, 0.6) is 5.75 Å². The minimum absolute atomic E-state index is 0.180. The first kappa shape index (κ1) is 13.8. The highest BCUT2D eigenvalue weighted by atomic mass is 16.5. The van der Waals surface area contributed by atoms with E-state index in [1.807, 2.05) is 19.1 Å². The molecule has 0 aliphatic carbocycles. The Bertz CT molecular complexity index is 607. The summed E-state index contributed by atoms with van der Waals surface area (Å²) in [4.78, 5) is 0. The van der Waals surface area contributed by atoms with E-state index in [1.165, 1.54) is 0 Å². The molecule has 2 N–H and O–H groups in total. The first-order chi connectivity index (χ1) is 10.3. The predicted molar refractivity (Wildman–Crippen MR) is 77.8 cm³/mol. The standard InChI is InChI=1S/C14H19N5O2/c1-2-20-13-7-10(6-11(15)8-13)14-16-17-18-19(14)9-12-4-3-5-21-12/h6-8,12H,2-5,9,15H2,1H3. The van der Waals surface area contributed by atoms with Gasteiger partial charge in [0, 0.05) is 23.9 Å². The highest BCUT2D eigenvalue weighted by molar-refractivity contribution is 5.64. The third-order valence-electron chi connectivity index (χ3n) is 3.43. The molecule has 2 aromatic rings. The Morgan fingerprint density at radius 2 is 2.33 bits per heavy atom. The van der Waals surface area contributed by atoms with Crippen LogP contribution in [0.25, 0.3) is 11.4 Å². The summed E-state index contributed by atoms with van der Waals surface area (Å²) in [6, 6.07) is 5.54. The molecule has 1 aliphatic heterocycles. The number of nitrogens with two attached hydrogens (primary N) is 1. The molecule has 0 amide bonds. The topological polar surface area (TPSA) is 88.1 Å². The van der Waals surface area contributed by atoms with Gasteiger partial charge in [-0.25, -0.2) is 4.68 Å². The van der Waals surface area contributed by atoms with Gasteiger partial charge in [-0.05, 0) is 42.3 Å². The van der Waals surface area contributed by atoms with Crippen LogP contribution >= 0.6 is 0 Å². The maximum Gasteiger partial charge on any atom is 0.182 e. The minimum Gasteiger partial charge on any atom is -0.494 e. The van der Waals surface area contributed by atoms with Crippen LogP contribution in [-0.4, -0.2) is 39.5 Å². The van der Waals surface area contributed by atoms with Crippen molar-refractivity contribution < 1.29 is 9.47 Å². The molecule has 0 saturated carbocycles.